The zero-order chi connectivity index (χ0) is 12.5. The van der Waals surface area contributed by atoms with Gasteiger partial charge in [0.25, 0.3) is 5.56 Å². The third-order valence-electron chi connectivity index (χ3n) is 2.83. The molecule has 0 radical (unpaired) electrons. The zero-order valence-corrected chi connectivity index (χ0v) is 10.3. The summed E-state index contributed by atoms with van der Waals surface area (Å²) in [6, 6.07) is 7.29. The quantitative estimate of drug-likeness (QED) is 0.675. The molecule has 0 aliphatic carbocycles. The van der Waals surface area contributed by atoms with Crippen molar-refractivity contribution in [3.63, 3.8) is 0 Å². The minimum absolute atomic E-state index is 0.0901. The van der Waals surface area contributed by atoms with Crippen molar-refractivity contribution in [2.75, 3.05) is 5.88 Å². The number of hydrogen-bond donors (Lipinski definition) is 0. The van der Waals surface area contributed by atoms with Crippen molar-refractivity contribution in [3.8, 4) is 0 Å². The molecule has 0 bridgehead atoms. The average Bonchev–Trinajstić information content (AvgIpc) is 2.80. The average molecular weight is 263 g/mol. The van der Waals surface area contributed by atoms with Crippen LogP contribution in [0, 0.1) is 0 Å². The number of para-hydroxylation sites is 1. The second-order valence-electron chi connectivity index (χ2n) is 4.00. The van der Waals surface area contributed by atoms with Crippen LogP contribution < -0.4 is 5.56 Å². The van der Waals surface area contributed by atoms with Crippen LogP contribution in [0.4, 0.5) is 0 Å². The molecule has 0 fully saturated rings. The fourth-order valence-electron chi connectivity index (χ4n) is 1.95. The first-order valence-corrected chi connectivity index (χ1v) is 6.23. The summed E-state index contributed by atoms with van der Waals surface area (Å²) in [7, 11) is 0. The van der Waals surface area contributed by atoms with Crippen LogP contribution in [0.5, 0.6) is 0 Å². The Kier molecular flexibility index (Phi) is 2.76. The lowest BCUT2D eigenvalue weighted by atomic mass is 10.2. The summed E-state index contributed by atoms with van der Waals surface area (Å²) in [5.74, 6) is 1.12. The predicted molar refractivity (Wildman–Crippen MR) is 70.1 cm³/mol. The van der Waals surface area contributed by atoms with E-state index in [9.17, 15) is 4.79 Å². The largest absolute Gasteiger partial charge is 0.268 e. The van der Waals surface area contributed by atoms with Gasteiger partial charge < -0.3 is 0 Å². The van der Waals surface area contributed by atoms with Crippen molar-refractivity contribution in [2.45, 2.75) is 13.0 Å². The van der Waals surface area contributed by atoms with E-state index in [1.165, 1.54) is 10.7 Å². The van der Waals surface area contributed by atoms with Gasteiger partial charge in [-0.2, -0.15) is 5.10 Å². The highest BCUT2D eigenvalue weighted by atomic mass is 35.5. The zero-order valence-electron chi connectivity index (χ0n) is 9.58. The van der Waals surface area contributed by atoms with Crippen molar-refractivity contribution >= 4 is 28.3 Å². The van der Waals surface area contributed by atoms with Gasteiger partial charge in [-0.05, 0) is 18.6 Å². The monoisotopic (exact) mass is 262 g/mol. The van der Waals surface area contributed by atoms with Gasteiger partial charge in [0.05, 0.1) is 10.9 Å². The van der Waals surface area contributed by atoms with Crippen LogP contribution in [-0.2, 0) is 6.54 Å². The molecular weight excluding hydrogens is 252 g/mol. The first-order chi connectivity index (χ1) is 8.81. The first-order valence-electron chi connectivity index (χ1n) is 5.70. The summed E-state index contributed by atoms with van der Waals surface area (Å²) < 4.78 is 3.17. The SMILES string of the molecule is O=c1c2ccccc2nc2n(CCCCl)ncn12. The van der Waals surface area contributed by atoms with Gasteiger partial charge in [0.15, 0.2) is 0 Å². The van der Waals surface area contributed by atoms with Crippen molar-refractivity contribution < 1.29 is 0 Å². The van der Waals surface area contributed by atoms with Gasteiger partial charge in [-0.25, -0.2) is 14.1 Å². The molecule has 0 atom stereocenters. The maximum absolute atomic E-state index is 12.2. The number of halogens is 1. The molecular formula is C12H11ClN4O. The van der Waals surface area contributed by atoms with E-state index in [-0.39, 0.29) is 5.56 Å². The summed E-state index contributed by atoms with van der Waals surface area (Å²) in [5.41, 5.74) is 0.600. The number of benzene rings is 1. The Balaban J connectivity index is 2.29. The fraction of sp³-hybridized carbons (Fsp3) is 0.250. The van der Waals surface area contributed by atoms with E-state index in [0.717, 1.165) is 6.42 Å². The molecule has 0 saturated carbocycles. The lowest BCUT2D eigenvalue weighted by Crippen LogP contribution is -2.15. The molecule has 0 unspecified atom stereocenters. The minimum Gasteiger partial charge on any atom is -0.268 e. The summed E-state index contributed by atoms with van der Waals surface area (Å²) in [5, 5.41) is 4.78. The molecule has 0 N–H and O–H groups in total. The number of nitrogens with zero attached hydrogens (tertiary/aromatic N) is 4. The molecule has 0 aliphatic heterocycles. The molecule has 0 spiro atoms. The van der Waals surface area contributed by atoms with Gasteiger partial charge in [-0.1, -0.05) is 12.1 Å². The summed E-state index contributed by atoms with van der Waals surface area (Å²) in [6.45, 7) is 0.658. The van der Waals surface area contributed by atoms with Crippen molar-refractivity contribution in [3.05, 3.63) is 40.9 Å². The summed E-state index contributed by atoms with van der Waals surface area (Å²) >= 11 is 5.67. The van der Waals surface area contributed by atoms with E-state index in [4.69, 9.17) is 11.6 Å². The van der Waals surface area contributed by atoms with Gasteiger partial charge in [-0.15, -0.1) is 11.6 Å². The van der Waals surface area contributed by atoms with Crippen LogP contribution in [0.1, 0.15) is 6.42 Å². The van der Waals surface area contributed by atoms with Crippen LogP contribution in [-0.4, -0.2) is 25.0 Å². The second kappa shape index (κ2) is 4.42. The number of hydrogen-bond acceptors (Lipinski definition) is 3. The van der Waals surface area contributed by atoms with Gasteiger partial charge >= 0.3 is 0 Å². The Labute approximate surface area is 108 Å². The molecule has 3 rings (SSSR count). The highest BCUT2D eigenvalue weighted by Crippen LogP contribution is 2.08. The Hall–Kier alpha value is -1.88. The standard InChI is InChI=1S/C12H11ClN4O/c13-6-3-7-17-12-15-10-5-2-1-4-9(10)11(18)16(12)8-14-17/h1-2,4-5,8H,3,6-7H2. The molecule has 92 valence electrons. The van der Waals surface area contributed by atoms with Crippen LogP contribution in [0.2, 0.25) is 0 Å². The molecule has 6 heteroatoms. The maximum atomic E-state index is 12.2. The predicted octanol–water partition coefficient (Wildman–Crippen LogP) is 1.67. The highest BCUT2D eigenvalue weighted by molar-refractivity contribution is 6.17. The summed E-state index contributed by atoms with van der Waals surface area (Å²) in [6.07, 6.45) is 2.30. The van der Waals surface area contributed by atoms with Crippen LogP contribution in [0.15, 0.2) is 35.4 Å². The van der Waals surface area contributed by atoms with Crippen molar-refractivity contribution in [1.82, 2.24) is 19.2 Å². The second-order valence-corrected chi connectivity index (χ2v) is 4.38. The molecule has 3 aromatic rings. The van der Waals surface area contributed by atoms with Crippen LogP contribution in [0.3, 0.4) is 0 Å². The van der Waals surface area contributed by atoms with E-state index in [2.05, 4.69) is 10.1 Å². The lowest BCUT2D eigenvalue weighted by Gasteiger charge is -2.01. The van der Waals surface area contributed by atoms with Gasteiger partial charge in [-0.3, -0.25) is 4.79 Å². The van der Waals surface area contributed by atoms with E-state index in [0.29, 0.717) is 29.1 Å². The molecule has 18 heavy (non-hydrogen) atoms. The van der Waals surface area contributed by atoms with Gasteiger partial charge in [0.1, 0.15) is 6.33 Å². The van der Waals surface area contributed by atoms with E-state index < -0.39 is 0 Å². The Bertz CT molecular complexity index is 761. The number of rotatable bonds is 3. The fourth-order valence-corrected chi connectivity index (χ4v) is 2.07. The lowest BCUT2D eigenvalue weighted by molar-refractivity contribution is 0.619. The number of fused-ring (bicyclic) bond motifs is 2. The van der Waals surface area contributed by atoms with Gasteiger partial charge in [0.2, 0.25) is 5.78 Å². The third kappa shape index (κ3) is 1.67. The molecule has 0 saturated heterocycles. The van der Waals surface area contributed by atoms with Crippen molar-refractivity contribution in [2.24, 2.45) is 0 Å². The maximum Gasteiger partial charge on any atom is 0.268 e. The molecule has 2 heterocycles. The number of aryl methyl sites for hydroxylation is 1. The molecule has 0 amide bonds. The Morgan fingerprint density at radius 2 is 2.11 bits per heavy atom. The van der Waals surface area contributed by atoms with E-state index in [1.807, 2.05) is 18.2 Å². The normalized spacial score (nSPS) is 11.4. The molecule has 0 aliphatic rings. The summed E-state index contributed by atoms with van der Waals surface area (Å²) in [4.78, 5) is 16.7. The smallest absolute Gasteiger partial charge is 0.268 e. The molecule has 1 aromatic carbocycles. The first kappa shape index (κ1) is 11.2. The Morgan fingerprint density at radius 3 is 2.94 bits per heavy atom. The van der Waals surface area contributed by atoms with E-state index >= 15 is 0 Å². The van der Waals surface area contributed by atoms with Gasteiger partial charge in [0, 0.05) is 12.4 Å². The van der Waals surface area contributed by atoms with E-state index in [1.54, 1.807) is 10.7 Å². The third-order valence-corrected chi connectivity index (χ3v) is 3.10. The molecule has 5 nitrogen and oxygen atoms in total. The minimum atomic E-state index is -0.0901. The van der Waals surface area contributed by atoms with Crippen LogP contribution in [0.25, 0.3) is 16.7 Å². The highest BCUT2D eigenvalue weighted by Gasteiger charge is 2.09. The number of alkyl halides is 1. The topological polar surface area (TPSA) is 52.2 Å². The van der Waals surface area contributed by atoms with Crippen LogP contribution >= 0.6 is 11.6 Å². The Morgan fingerprint density at radius 1 is 1.28 bits per heavy atom. The molecule has 2 aromatic heterocycles. The number of aromatic nitrogens is 4. The van der Waals surface area contributed by atoms with Crippen molar-refractivity contribution in [1.29, 1.82) is 0 Å².